The summed E-state index contributed by atoms with van der Waals surface area (Å²) < 4.78 is 50.9. The lowest BCUT2D eigenvalue weighted by Crippen LogP contribution is -2.73. The van der Waals surface area contributed by atoms with E-state index in [4.69, 9.17) is 21.7 Å². The van der Waals surface area contributed by atoms with Crippen molar-refractivity contribution in [3.8, 4) is 11.5 Å². The minimum Gasteiger partial charge on any atom is -0.504 e. The summed E-state index contributed by atoms with van der Waals surface area (Å²) in [7, 11) is 0. The minimum absolute atomic E-state index is 0.0133. The number of nitrogens with one attached hydrogen (secondary N) is 2. The van der Waals surface area contributed by atoms with Gasteiger partial charge in [0.2, 0.25) is 0 Å². The molecule has 11 heteroatoms. The zero-order valence-electron chi connectivity index (χ0n) is 14.5. The highest BCUT2D eigenvalue weighted by molar-refractivity contribution is 7.80. The molecule has 1 aliphatic heterocycles. The van der Waals surface area contributed by atoms with Crippen molar-refractivity contribution in [1.29, 1.82) is 0 Å². The summed E-state index contributed by atoms with van der Waals surface area (Å²) in [5, 5.41) is 24.0. The molecule has 0 aliphatic carbocycles. The molecule has 27 heavy (non-hydrogen) atoms. The van der Waals surface area contributed by atoms with E-state index < -0.39 is 34.9 Å². The number of carbonyl (C=O) groups excluding carboxylic acids is 1. The Morgan fingerprint density at radius 1 is 1.33 bits per heavy atom. The maximum absolute atomic E-state index is 13.6. The SMILES string of the molecule is CCOC(=O)[C@@H]1[C@H](c2ccc(O)c(OCC)c2)NC(=S)N[C@]1(O)C(F)(F)F. The van der Waals surface area contributed by atoms with Crippen LogP contribution in [-0.2, 0) is 9.53 Å². The van der Waals surface area contributed by atoms with Crippen LogP contribution in [0.4, 0.5) is 13.2 Å². The van der Waals surface area contributed by atoms with Crippen molar-refractivity contribution in [1.82, 2.24) is 10.6 Å². The van der Waals surface area contributed by atoms with Gasteiger partial charge >= 0.3 is 12.1 Å². The minimum atomic E-state index is -5.23. The number of alkyl halides is 3. The van der Waals surface area contributed by atoms with E-state index in [9.17, 15) is 28.2 Å². The van der Waals surface area contributed by atoms with Crippen molar-refractivity contribution in [2.75, 3.05) is 13.2 Å². The lowest BCUT2D eigenvalue weighted by atomic mass is 9.82. The van der Waals surface area contributed by atoms with Crippen LogP contribution < -0.4 is 15.4 Å². The van der Waals surface area contributed by atoms with E-state index in [1.807, 2.05) is 0 Å². The number of rotatable bonds is 5. The quantitative estimate of drug-likeness (QED) is 0.432. The van der Waals surface area contributed by atoms with E-state index in [0.717, 1.165) is 0 Å². The summed E-state index contributed by atoms with van der Waals surface area (Å²) in [6, 6.07) is 2.39. The molecule has 150 valence electrons. The third-order valence-corrected chi connectivity index (χ3v) is 4.21. The van der Waals surface area contributed by atoms with Crippen molar-refractivity contribution in [3.05, 3.63) is 23.8 Å². The third-order valence-electron chi connectivity index (χ3n) is 3.99. The van der Waals surface area contributed by atoms with Crippen LogP contribution in [-0.4, -0.2) is 46.4 Å². The van der Waals surface area contributed by atoms with Crippen LogP contribution >= 0.6 is 12.2 Å². The number of ether oxygens (including phenoxy) is 2. The molecule has 0 radical (unpaired) electrons. The monoisotopic (exact) mass is 408 g/mol. The van der Waals surface area contributed by atoms with Gasteiger partial charge in [0.25, 0.3) is 5.72 Å². The molecule has 7 nitrogen and oxygen atoms in total. The molecule has 0 amide bonds. The second-order valence-corrected chi connectivity index (χ2v) is 6.14. The normalized spacial score (nSPS) is 25.3. The fourth-order valence-electron chi connectivity index (χ4n) is 2.81. The number of benzene rings is 1. The van der Waals surface area contributed by atoms with Crippen LogP contribution in [0.25, 0.3) is 0 Å². The lowest BCUT2D eigenvalue weighted by molar-refractivity contribution is -0.292. The molecule has 0 saturated carbocycles. The molecule has 0 spiro atoms. The summed E-state index contributed by atoms with van der Waals surface area (Å²) in [6.45, 7) is 3.11. The van der Waals surface area contributed by atoms with Gasteiger partial charge < -0.3 is 30.3 Å². The number of hydrogen-bond donors (Lipinski definition) is 4. The topological polar surface area (TPSA) is 100 Å². The van der Waals surface area contributed by atoms with Gasteiger partial charge in [0.15, 0.2) is 16.6 Å². The van der Waals surface area contributed by atoms with Crippen molar-refractivity contribution in [2.24, 2.45) is 5.92 Å². The molecule has 1 fully saturated rings. The molecular formula is C16H19F3N2O5S. The Balaban J connectivity index is 2.58. The number of hydrogen-bond acceptors (Lipinski definition) is 6. The second-order valence-electron chi connectivity index (χ2n) is 5.73. The summed E-state index contributed by atoms with van der Waals surface area (Å²) in [5.74, 6) is -3.59. The van der Waals surface area contributed by atoms with Gasteiger partial charge in [0.05, 0.1) is 19.3 Å². The largest absolute Gasteiger partial charge is 0.504 e. The number of carbonyl (C=O) groups is 1. The Morgan fingerprint density at radius 2 is 2.00 bits per heavy atom. The molecule has 2 rings (SSSR count). The highest BCUT2D eigenvalue weighted by Crippen LogP contribution is 2.44. The van der Waals surface area contributed by atoms with Gasteiger partial charge in [-0.1, -0.05) is 6.07 Å². The highest BCUT2D eigenvalue weighted by atomic mass is 32.1. The van der Waals surface area contributed by atoms with Gasteiger partial charge in [-0.3, -0.25) is 4.79 Å². The van der Waals surface area contributed by atoms with Gasteiger partial charge in [0, 0.05) is 0 Å². The Morgan fingerprint density at radius 3 is 2.56 bits per heavy atom. The molecule has 0 bridgehead atoms. The highest BCUT2D eigenvalue weighted by Gasteiger charge is 2.66. The zero-order valence-corrected chi connectivity index (χ0v) is 15.3. The van der Waals surface area contributed by atoms with E-state index in [0.29, 0.717) is 0 Å². The molecule has 1 aromatic rings. The Labute approximate surface area is 158 Å². The molecule has 1 aliphatic rings. The first-order valence-electron chi connectivity index (χ1n) is 8.05. The van der Waals surface area contributed by atoms with E-state index in [2.05, 4.69) is 5.32 Å². The van der Waals surface area contributed by atoms with Gasteiger partial charge in [-0.15, -0.1) is 0 Å². The lowest BCUT2D eigenvalue weighted by Gasteiger charge is -2.45. The molecule has 3 atom stereocenters. The fourth-order valence-corrected chi connectivity index (χ4v) is 3.09. The number of phenolic OH excluding ortho intramolecular Hbond substituents is 1. The first-order valence-corrected chi connectivity index (χ1v) is 8.46. The predicted molar refractivity (Wildman–Crippen MR) is 92.0 cm³/mol. The van der Waals surface area contributed by atoms with Gasteiger partial charge in [-0.2, -0.15) is 13.2 Å². The first kappa shape index (κ1) is 21.0. The Hall–Kier alpha value is -2.27. The molecule has 1 saturated heterocycles. The molecule has 0 unspecified atom stereocenters. The predicted octanol–water partition coefficient (Wildman–Crippen LogP) is 1.74. The maximum Gasteiger partial charge on any atom is 0.437 e. The number of phenols is 1. The van der Waals surface area contributed by atoms with Crippen LogP contribution in [0.1, 0.15) is 25.5 Å². The summed E-state index contributed by atoms with van der Waals surface area (Å²) >= 11 is 4.80. The number of thiocarbonyl (C=S) groups is 1. The van der Waals surface area contributed by atoms with Crippen molar-refractivity contribution in [2.45, 2.75) is 31.8 Å². The van der Waals surface area contributed by atoms with Crippen molar-refractivity contribution in [3.63, 3.8) is 0 Å². The number of esters is 1. The first-order chi connectivity index (χ1) is 12.5. The third kappa shape index (κ3) is 4.03. The maximum atomic E-state index is 13.6. The number of aromatic hydroxyl groups is 1. The summed E-state index contributed by atoms with van der Waals surface area (Å²) in [6.07, 6.45) is -5.23. The zero-order chi connectivity index (χ0) is 20.4. The van der Waals surface area contributed by atoms with Crippen LogP contribution in [0.3, 0.4) is 0 Å². The van der Waals surface area contributed by atoms with Crippen molar-refractivity contribution < 1.29 is 37.7 Å². The fraction of sp³-hybridized carbons (Fsp3) is 0.500. The van der Waals surface area contributed by atoms with Crippen LogP contribution in [0.5, 0.6) is 11.5 Å². The Kier molecular flexibility index (Phi) is 6.05. The standard InChI is InChI=1S/C16H19F3N2O5S/c1-3-25-10-7-8(5-6-9(10)22)12-11(13(23)26-4-2)15(24,16(17,18)19)21-14(27)20-12/h5-7,11-12,22,24H,3-4H2,1-2H3,(H2,20,21,27)/t11-,12-,15+/m0/s1. The number of halogens is 3. The molecule has 4 N–H and O–H groups in total. The van der Waals surface area contributed by atoms with Crippen LogP contribution in [0, 0.1) is 5.92 Å². The second kappa shape index (κ2) is 7.77. The van der Waals surface area contributed by atoms with Crippen LogP contribution in [0.2, 0.25) is 0 Å². The van der Waals surface area contributed by atoms with E-state index in [1.165, 1.54) is 25.1 Å². The van der Waals surface area contributed by atoms with Crippen molar-refractivity contribution >= 4 is 23.3 Å². The molecular weight excluding hydrogens is 389 g/mol. The smallest absolute Gasteiger partial charge is 0.437 e. The summed E-state index contributed by atoms with van der Waals surface area (Å²) in [5.41, 5.74) is -3.50. The van der Waals surface area contributed by atoms with Gasteiger partial charge in [0.1, 0.15) is 5.92 Å². The van der Waals surface area contributed by atoms with E-state index in [-0.39, 0.29) is 30.3 Å². The average Bonchev–Trinajstić information content (AvgIpc) is 2.55. The van der Waals surface area contributed by atoms with Gasteiger partial charge in [-0.25, -0.2) is 0 Å². The van der Waals surface area contributed by atoms with E-state index >= 15 is 0 Å². The number of aliphatic hydroxyl groups is 1. The van der Waals surface area contributed by atoms with Gasteiger partial charge in [-0.05, 0) is 43.8 Å². The summed E-state index contributed by atoms with van der Waals surface area (Å²) in [4.78, 5) is 12.3. The van der Waals surface area contributed by atoms with E-state index in [1.54, 1.807) is 12.2 Å². The molecule has 1 heterocycles. The van der Waals surface area contributed by atoms with Crippen LogP contribution in [0.15, 0.2) is 18.2 Å². The molecule has 0 aromatic heterocycles. The Bertz CT molecular complexity index is 730. The molecule has 1 aromatic carbocycles. The average molecular weight is 408 g/mol.